The molecule has 0 atom stereocenters. The minimum absolute atomic E-state index is 0.0171. The van der Waals surface area contributed by atoms with Crippen LogP contribution < -0.4 is 0 Å². The van der Waals surface area contributed by atoms with Gasteiger partial charge >= 0.3 is 0 Å². The number of rotatable bonds is 3. The largest absolute Gasteiger partial charge is 0.464 e. The van der Waals surface area contributed by atoms with E-state index in [2.05, 4.69) is 0 Å². The van der Waals surface area contributed by atoms with Crippen LogP contribution in [0.2, 0.25) is 0 Å². The van der Waals surface area contributed by atoms with Gasteiger partial charge in [-0.1, -0.05) is 12.1 Å². The summed E-state index contributed by atoms with van der Waals surface area (Å²) in [5.74, 6) is 1.13. The van der Waals surface area contributed by atoms with Gasteiger partial charge < -0.3 is 14.2 Å². The number of benzene rings is 2. The van der Waals surface area contributed by atoms with Crippen molar-refractivity contribution in [2.75, 3.05) is 20.6 Å². The number of ketones is 1. The second-order valence-corrected chi connectivity index (χ2v) is 10.3. The number of amides is 1. The van der Waals surface area contributed by atoms with E-state index in [1.807, 2.05) is 25.1 Å². The van der Waals surface area contributed by atoms with Gasteiger partial charge in [0.1, 0.15) is 11.5 Å². The third kappa shape index (κ3) is 3.27. The van der Waals surface area contributed by atoms with E-state index in [-0.39, 0.29) is 38.2 Å². The van der Waals surface area contributed by atoms with Gasteiger partial charge in [0.05, 0.1) is 16.3 Å². The Morgan fingerprint density at radius 1 is 1.06 bits per heavy atom. The summed E-state index contributed by atoms with van der Waals surface area (Å²) in [6.07, 6.45) is 0.601. The maximum absolute atomic E-state index is 13.2. The molecule has 0 bridgehead atoms. The molecule has 2 aliphatic rings. The summed E-state index contributed by atoms with van der Waals surface area (Å²) >= 11 is 0. The molecule has 2 aliphatic heterocycles. The van der Waals surface area contributed by atoms with Crippen molar-refractivity contribution in [1.29, 1.82) is 0 Å². The van der Waals surface area contributed by atoms with Gasteiger partial charge in [0.2, 0.25) is 9.84 Å². The average Bonchev–Trinajstić information content (AvgIpc) is 3.17. The van der Waals surface area contributed by atoms with E-state index in [1.165, 1.54) is 30.3 Å². The maximum Gasteiger partial charge on any atom is 0.254 e. The standard InChI is InChI=1S/C24H22N2O5S/c1-25(2)14-17-11-16-13-26(10-9-20(16)31-17)24(28)15-7-8-19-22(12-15)32(29,30)21-6-4-3-5-18(21)23(19)27/h3-8,11-12H,9-10,13-14H2,1-2H3. The van der Waals surface area contributed by atoms with Crippen molar-refractivity contribution in [3.05, 3.63) is 82.3 Å². The quantitative estimate of drug-likeness (QED) is 0.477. The van der Waals surface area contributed by atoms with Gasteiger partial charge in [-0.15, -0.1) is 0 Å². The lowest BCUT2D eigenvalue weighted by Crippen LogP contribution is -2.35. The third-order valence-electron chi connectivity index (χ3n) is 5.86. The number of carbonyl (C=O) groups is 2. The van der Waals surface area contributed by atoms with Gasteiger partial charge in [-0.2, -0.15) is 0 Å². The summed E-state index contributed by atoms with van der Waals surface area (Å²) in [5.41, 5.74) is 1.48. The number of hydrogen-bond acceptors (Lipinski definition) is 6. The van der Waals surface area contributed by atoms with Crippen molar-refractivity contribution >= 4 is 21.5 Å². The molecule has 7 nitrogen and oxygen atoms in total. The highest BCUT2D eigenvalue weighted by atomic mass is 32.2. The molecular weight excluding hydrogens is 428 g/mol. The molecule has 32 heavy (non-hydrogen) atoms. The number of hydrogen-bond donors (Lipinski definition) is 0. The predicted octanol–water partition coefficient (Wildman–Crippen LogP) is 2.92. The Labute approximate surface area is 186 Å². The summed E-state index contributed by atoms with van der Waals surface area (Å²) in [5, 5.41) is 0. The number of furan rings is 1. The van der Waals surface area contributed by atoms with Crippen LogP contribution in [0.3, 0.4) is 0 Å². The lowest BCUT2D eigenvalue weighted by Gasteiger charge is -2.27. The summed E-state index contributed by atoms with van der Waals surface area (Å²) in [7, 11) is 0.0367. The fraction of sp³-hybridized carbons (Fsp3) is 0.250. The van der Waals surface area contributed by atoms with Crippen molar-refractivity contribution in [2.24, 2.45) is 0 Å². The minimum Gasteiger partial charge on any atom is -0.464 e. The molecule has 0 fully saturated rings. The topological polar surface area (TPSA) is 87.9 Å². The van der Waals surface area contributed by atoms with Crippen LogP contribution >= 0.6 is 0 Å². The van der Waals surface area contributed by atoms with E-state index in [0.717, 1.165) is 17.1 Å². The van der Waals surface area contributed by atoms with E-state index in [1.54, 1.807) is 17.0 Å². The Bertz CT molecular complexity index is 1370. The summed E-state index contributed by atoms with van der Waals surface area (Å²) < 4.78 is 32.2. The van der Waals surface area contributed by atoms with E-state index >= 15 is 0 Å². The predicted molar refractivity (Wildman–Crippen MR) is 116 cm³/mol. The third-order valence-corrected chi connectivity index (χ3v) is 7.71. The maximum atomic E-state index is 13.2. The molecule has 0 saturated heterocycles. The first-order chi connectivity index (χ1) is 15.3. The monoisotopic (exact) mass is 450 g/mol. The van der Waals surface area contributed by atoms with Crippen molar-refractivity contribution in [3.8, 4) is 0 Å². The number of fused-ring (bicyclic) bond motifs is 3. The number of carbonyl (C=O) groups excluding carboxylic acids is 2. The van der Waals surface area contributed by atoms with Crippen molar-refractivity contribution in [2.45, 2.75) is 29.3 Å². The summed E-state index contributed by atoms with van der Waals surface area (Å²) in [6, 6.07) is 12.5. The minimum atomic E-state index is -3.89. The first-order valence-electron chi connectivity index (χ1n) is 10.3. The van der Waals surface area contributed by atoms with Crippen LogP contribution in [-0.2, 0) is 29.3 Å². The first kappa shape index (κ1) is 20.7. The molecule has 0 saturated carbocycles. The Hall–Kier alpha value is -3.23. The fourth-order valence-corrected chi connectivity index (χ4v) is 6.03. The molecule has 3 heterocycles. The number of sulfone groups is 1. The number of nitrogens with zero attached hydrogens (tertiary/aromatic N) is 2. The highest BCUT2D eigenvalue weighted by Gasteiger charge is 2.35. The highest BCUT2D eigenvalue weighted by Crippen LogP contribution is 2.35. The van der Waals surface area contributed by atoms with Gasteiger partial charge in [0.15, 0.2) is 5.78 Å². The Balaban J connectivity index is 1.46. The van der Waals surface area contributed by atoms with Crippen LogP contribution in [0, 0.1) is 0 Å². The Kier molecular flexibility index (Phi) is 4.79. The van der Waals surface area contributed by atoms with Gasteiger partial charge in [-0.05, 0) is 50.5 Å². The zero-order valence-electron chi connectivity index (χ0n) is 17.8. The molecule has 0 aliphatic carbocycles. The van der Waals surface area contributed by atoms with Crippen molar-refractivity contribution < 1.29 is 22.4 Å². The van der Waals surface area contributed by atoms with E-state index in [9.17, 15) is 18.0 Å². The zero-order valence-corrected chi connectivity index (χ0v) is 18.6. The normalized spacial score (nSPS) is 16.5. The zero-order chi connectivity index (χ0) is 22.6. The van der Waals surface area contributed by atoms with E-state index < -0.39 is 9.84 Å². The van der Waals surface area contributed by atoms with Crippen LogP contribution in [0.25, 0.3) is 0 Å². The Morgan fingerprint density at radius 2 is 1.81 bits per heavy atom. The van der Waals surface area contributed by atoms with Gasteiger partial charge in [0, 0.05) is 41.8 Å². The molecule has 5 rings (SSSR count). The molecular formula is C24H22N2O5S. The van der Waals surface area contributed by atoms with Crippen LogP contribution in [0.1, 0.15) is 43.4 Å². The SMILES string of the molecule is CN(C)Cc1cc2c(o1)CCN(C(=O)c1ccc3c(c1)S(=O)(=O)c1ccccc1C3=O)C2. The molecule has 1 amide bonds. The van der Waals surface area contributed by atoms with Crippen LogP contribution in [0.15, 0.2) is 62.7 Å². The second kappa shape index (κ2) is 7.43. The van der Waals surface area contributed by atoms with Gasteiger partial charge in [-0.3, -0.25) is 9.59 Å². The van der Waals surface area contributed by atoms with Crippen molar-refractivity contribution in [1.82, 2.24) is 9.80 Å². The molecule has 3 aromatic rings. The molecule has 0 radical (unpaired) electrons. The van der Waals surface area contributed by atoms with Crippen LogP contribution in [0.5, 0.6) is 0 Å². The van der Waals surface area contributed by atoms with E-state index in [4.69, 9.17) is 4.42 Å². The molecule has 0 spiro atoms. The molecule has 8 heteroatoms. The van der Waals surface area contributed by atoms with E-state index in [0.29, 0.717) is 26.1 Å². The summed E-state index contributed by atoms with van der Waals surface area (Å²) in [6.45, 7) is 1.56. The van der Waals surface area contributed by atoms with Gasteiger partial charge in [0.25, 0.3) is 5.91 Å². The highest BCUT2D eigenvalue weighted by molar-refractivity contribution is 7.91. The van der Waals surface area contributed by atoms with Crippen molar-refractivity contribution in [3.63, 3.8) is 0 Å². The second-order valence-electron chi connectivity index (χ2n) is 8.42. The molecule has 0 N–H and O–H groups in total. The molecule has 1 aromatic heterocycles. The van der Waals surface area contributed by atoms with Gasteiger partial charge in [-0.25, -0.2) is 8.42 Å². The average molecular weight is 451 g/mol. The van der Waals surface area contributed by atoms with Crippen LogP contribution in [0.4, 0.5) is 0 Å². The smallest absolute Gasteiger partial charge is 0.254 e. The van der Waals surface area contributed by atoms with Crippen LogP contribution in [-0.4, -0.2) is 50.5 Å². The Morgan fingerprint density at radius 3 is 2.59 bits per heavy atom. The lowest BCUT2D eigenvalue weighted by atomic mass is 10.0. The molecule has 0 unspecified atom stereocenters. The molecule has 2 aromatic carbocycles. The fourth-order valence-electron chi connectivity index (χ4n) is 4.36. The first-order valence-corrected chi connectivity index (χ1v) is 11.8. The molecule has 164 valence electrons. The summed E-state index contributed by atoms with van der Waals surface area (Å²) in [4.78, 5) is 29.6. The lowest BCUT2D eigenvalue weighted by molar-refractivity contribution is 0.0729.